The van der Waals surface area contributed by atoms with Gasteiger partial charge in [0.2, 0.25) is 0 Å². The summed E-state index contributed by atoms with van der Waals surface area (Å²) in [6.45, 7) is 1.48. The van der Waals surface area contributed by atoms with Crippen molar-refractivity contribution in [3.63, 3.8) is 0 Å². The predicted molar refractivity (Wildman–Crippen MR) is 92.5 cm³/mol. The number of nitro benzene ring substituents is 1. The highest BCUT2D eigenvalue weighted by atomic mass is 16.6. The van der Waals surface area contributed by atoms with Crippen molar-refractivity contribution < 1.29 is 19.6 Å². The molecule has 0 atom stereocenters. The summed E-state index contributed by atoms with van der Waals surface area (Å²) in [7, 11) is 1.60. The van der Waals surface area contributed by atoms with Crippen LogP contribution < -0.4 is 4.74 Å². The van der Waals surface area contributed by atoms with Crippen molar-refractivity contribution in [3.8, 4) is 5.75 Å². The number of non-ortho nitro benzene ring substituents is 1. The van der Waals surface area contributed by atoms with Crippen molar-refractivity contribution in [2.45, 2.75) is 19.5 Å². The second-order valence-corrected chi connectivity index (χ2v) is 5.63. The Bertz CT molecular complexity index is 713. The number of carboxylic acids is 1. The average Bonchev–Trinajstić information content (AvgIpc) is 2.60. The lowest BCUT2D eigenvalue weighted by Crippen LogP contribution is -2.25. The van der Waals surface area contributed by atoms with E-state index in [1.54, 1.807) is 19.2 Å². The molecule has 0 bridgehead atoms. The van der Waals surface area contributed by atoms with Gasteiger partial charge >= 0.3 is 5.97 Å². The molecule has 0 aromatic heterocycles. The van der Waals surface area contributed by atoms with Crippen LogP contribution in [0.25, 0.3) is 0 Å². The van der Waals surface area contributed by atoms with E-state index in [4.69, 9.17) is 9.84 Å². The van der Waals surface area contributed by atoms with Gasteiger partial charge in [0, 0.05) is 31.8 Å². The highest BCUT2D eigenvalue weighted by Crippen LogP contribution is 2.17. The van der Waals surface area contributed by atoms with Crippen molar-refractivity contribution in [2.75, 3.05) is 13.7 Å². The van der Waals surface area contributed by atoms with Gasteiger partial charge in [-0.25, -0.2) is 0 Å². The molecule has 2 aromatic rings. The maximum absolute atomic E-state index is 10.9. The standard InChI is InChI=1S/C18H20N2O5/c1-25-17-8-4-15(5-9-17)13-19(11-10-18(21)22)12-14-2-6-16(7-3-14)20(23)24/h2-9H,10-13H2,1H3,(H,21,22). The largest absolute Gasteiger partial charge is 0.497 e. The zero-order valence-corrected chi connectivity index (χ0v) is 13.9. The van der Waals surface area contributed by atoms with Gasteiger partial charge in [-0.2, -0.15) is 0 Å². The van der Waals surface area contributed by atoms with Crippen LogP contribution in [-0.4, -0.2) is 34.6 Å². The molecule has 0 heterocycles. The van der Waals surface area contributed by atoms with Crippen LogP contribution >= 0.6 is 0 Å². The molecular formula is C18H20N2O5. The molecule has 7 nitrogen and oxygen atoms in total. The first-order valence-corrected chi connectivity index (χ1v) is 7.78. The molecule has 1 N–H and O–H groups in total. The number of benzene rings is 2. The monoisotopic (exact) mass is 344 g/mol. The van der Waals surface area contributed by atoms with Crippen molar-refractivity contribution >= 4 is 11.7 Å². The summed E-state index contributed by atoms with van der Waals surface area (Å²) >= 11 is 0. The number of rotatable bonds is 9. The van der Waals surface area contributed by atoms with Crippen molar-refractivity contribution in [1.82, 2.24) is 4.90 Å². The van der Waals surface area contributed by atoms with E-state index in [9.17, 15) is 14.9 Å². The van der Waals surface area contributed by atoms with Crippen LogP contribution in [0.1, 0.15) is 17.5 Å². The van der Waals surface area contributed by atoms with E-state index < -0.39 is 10.9 Å². The second-order valence-electron chi connectivity index (χ2n) is 5.63. The molecule has 0 radical (unpaired) electrons. The lowest BCUT2D eigenvalue weighted by Gasteiger charge is -2.22. The Morgan fingerprint density at radius 1 is 1.08 bits per heavy atom. The molecule has 0 unspecified atom stereocenters. The number of nitro groups is 1. The number of carboxylic acid groups (broad SMARTS) is 1. The zero-order chi connectivity index (χ0) is 18.2. The number of hydrogen-bond donors (Lipinski definition) is 1. The molecule has 132 valence electrons. The van der Waals surface area contributed by atoms with Gasteiger partial charge in [-0.3, -0.25) is 19.8 Å². The summed E-state index contributed by atoms with van der Waals surface area (Å²) in [4.78, 5) is 23.2. The molecule has 0 saturated carbocycles. The fourth-order valence-electron chi connectivity index (χ4n) is 2.44. The zero-order valence-electron chi connectivity index (χ0n) is 13.9. The van der Waals surface area contributed by atoms with E-state index in [2.05, 4.69) is 0 Å². The number of carbonyl (C=O) groups is 1. The van der Waals surface area contributed by atoms with Gasteiger partial charge in [0.1, 0.15) is 5.75 Å². The van der Waals surface area contributed by atoms with E-state index in [1.807, 2.05) is 29.2 Å². The number of methoxy groups -OCH3 is 1. The summed E-state index contributed by atoms with van der Waals surface area (Å²) in [6, 6.07) is 13.9. The minimum Gasteiger partial charge on any atom is -0.497 e. The first-order valence-electron chi connectivity index (χ1n) is 7.78. The van der Waals surface area contributed by atoms with E-state index in [0.717, 1.165) is 16.9 Å². The third kappa shape index (κ3) is 5.89. The number of nitrogens with zero attached hydrogens (tertiary/aromatic N) is 2. The maximum atomic E-state index is 10.9. The minimum absolute atomic E-state index is 0.0309. The van der Waals surface area contributed by atoms with Gasteiger partial charge in [0.05, 0.1) is 18.5 Å². The van der Waals surface area contributed by atoms with Crippen LogP contribution in [0, 0.1) is 10.1 Å². The number of hydrogen-bond acceptors (Lipinski definition) is 5. The van der Waals surface area contributed by atoms with Gasteiger partial charge in [-0.1, -0.05) is 24.3 Å². The van der Waals surface area contributed by atoms with Crippen LogP contribution in [-0.2, 0) is 17.9 Å². The topological polar surface area (TPSA) is 92.9 Å². The van der Waals surface area contributed by atoms with Crippen LogP contribution in [0.15, 0.2) is 48.5 Å². The lowest BCUT2D eigenvalue weighted by atomic mass is 10.1. The summed E-state index contributed by atoms with van der Waals surface area (Å²) < 4.78 is 5.13. The van der Waals surface area contributed by atoms with Gasteiger partial charge in [-0.05, 0) is 23.3 Å². The molecule has 0 aliphatic heterocycles. The van der Waals surface area contributed by atoms with Crippen LogP contribution in [0.3, 0.4) is 0 Å². The van der Waals surface area contributed by atoms with Crippen molar-refractivity contribution in [1.29, 1.82) is 0 Å². The van der Waals surface area contributed by atoms with Gasteiger partial charge in [0.25, 0.3) is 5.69 Å². The summed E-state index contributed by atoms with van der Waals surface area (Å²) in [5.41, 5.74) is 1.97. The Labute approximate surface area is 145 Å². The summed E-state index contributed by atoms with van der Waals surface area (Å²) in [5.74, 6) is -0.0976. The molecular weight excluding hydrogens is 324 g/mol. The van der Waals surface area contributed by atoms with Crippen LogP contribution in [0.5, 0.6) is 5.75 Å². The second kappa shape index (κ2) is 8.79. The van der Waals surface area contributed by atoms with Crippen molar-refractivity contribution in [2.24, 2.45) is 0 Å². The molecule has 0 amide bonds. The van der Waals surface area contributed by atoms with Gasteiger partial charge < -0.3 is 9.84 Å². The molecule has 0 saturated heterocycles. The maximum Gasteiger partial charge on any atom is 0.304 e. The summed E-state index contributed by atoms with van der Waals surface area (Å²) in [5, 5.41) is 19.7. The Hall–Kier alpha value is -2.93. The fourth-order valence-corrected chi connectivity index (χ4v) is 2.44. The fraction of sp³-hybridized carbons (Fsp3) is 0.278. The smallest absolute Gasteiger partial charge is 0.304 e. The van der Waals surface area contributed by atoms with E-state index >= 15 is 0 Å². The molecule has 2 rings (SSSR count). The molecule has 2 aromatic carbocycles. The normalized spacial score (nSPS) is 10.6. The molecule has 0 fully saturated rings. The van der Waals surface area contributed by atoms with Crippen LogP contribution in [0.4, 0.5) is 5.69 Å². The first-order chi connectivity index (χ1) is 12.0. The third-order valence-corrected chi connectivity index (χ3v) is 3.76. The molecule has 0 aliphatic carbocycles. The van der Waals surface area contributed by atoms with E-state index in [-0.39, 0.29) is 12.1 Å². The van der Waals surface area contributed by atoms with E-state index in [1.165, 1.54) is 12.1 Å². The third-order valence-electron chi connectivity index (χ3n) is 3.76. The SMILES string of the molecule is COc1ccc(CN(CCC(=O)O)Cc2ccc([N+](=O)[O-])cc2)cc1. The first kappa shape index (κ1) is 18.4. The minimum atomic E-state index is -0.858. The van der Waals surface area contributed by atoms with E-state index in [0.29, 0.717) is 19.6 Å². The lowest BCUT2D eigenvalue weighted by molar-refractivity contribution is -0.384. The molecule has 25 heavy (non-hydrogen) atoms. The van der Waals surface area contributed by atoms with Gasteiger partial charge in [-0.15, -0.1) is 0 Å². The number of aliphatic carboxylic acids is 1. The quantitative estimate of drug-likeness (QED) is 0.555. The molecule has 0 spiro atoms. The molecule has 0 aliphatic rings. The average molecular weight is 344 g/mol. The van der Waals surface area contributed by atoms with Crippen LogP contribution in [0.2, 0.25) is 0 Å². The Balaban J connectivity index is 2.08. The predicted octanol–water partition coefficient (Wildman–Crippen LogP) is 3.08. The Morgan fingerprint density at radius 2 is 1.60 bits per heavy atom. The highest BCUT2D eigenvalue weighted by Gasteiger charge is 2.11. The number of ether oxygens (including phenoxy) is 1. The molecule has 7 heteroatoms. The Kier molecular flexibility index (Phi) is 6.47. The van der Waals surface area contributed by atoms with Gasteiger partial charge in [0.15, 0.2) is 0 Å². The summed E-state index contributed by atoms with van der Waals surface area (Å²) in [6.07, 6.45) is 0.0309. The Morgan fingerprint density at radius 3 is 2.04 bits per heavy atom. The highest BCUT2D eigenvalue weighted by molar-refractivity contribution is 5.66. The van der Waals surface area contributed by atoms with Crippen molar-refractivity contribution in [3.05, 3.63) is 69.8 Å².